The highest BCUT2D eigenvalue weighted by Crippen LogP contribution is 2.21. The number of aromatic amines is 1. The first-order valence-electron chi connectivity index (χ1n) is 4.01. The van der Waals surface area contributed by atoms with Gasteiger partial charge in [0.15, 0.2) is 5.69 Å². The minimum atomic E-state index is -0.495. The molecule has 0 aliphatic rings. The number of nitrogens with two attached hydrogens (primary N) is 1. The van der Waals surface area contributed by atoms with Crippen LogP contribution in [0.5, 0.6) is 0 Å². The Morgan fingerprint density at radius 1 is 1.43 bits per heavy atom. The van der Waals surface area contributed by atoms with Crippen LogP contribution in [0.15, 0.2) is 24.3 Å². The summed E-state index contributed by atoms with van der Waals surface area (Å²) in [4.78, 5) is 17.0. The lowest BCUT2D eigenvalue weighted by Crippen LogP contribution is -2.10. The molecule has 0 atom stereocenters. The molecule has 4 nitrogen and oxygen atoms in total. The van der Waals surface area contributed by atoms with E-state index in [1.165, 1.54) is 0 Å². The van der Waals surface area contributed by atoms with E-state index in [1.807, 2.05) is 0 Å². The van der Waals surface area contributed by atoms with E-state index >= 15 is 0 Å². The van der Waals surface area contributed by atoms with Gasteiger partial charge >= 0.3 is 0 Å². The molecule has 2 aromatic rings. The minimum Gasteiger partial charge on any atom is -0.364 e. The molecule has 1 aromatic carbocycles. The monoisotopic (exact) mass is 185 g/mol. The topological polar surface area (TPSA) is 63.2 Å². The van der Waals surface area contributed by atoms with Crippen LogP contribution in [-0.2, 0) is 0 Å². The summed E-state index contributed by atoms with van der Waals surface area (Å²) in [5.74, 6) is -0.495. The first kappa shape index (κ1) is 8.32. The molecule has 68 valence electrons. The van der Waals surface area contributed by atoms with Crippen molar-refractivity contribution in [2.75, 3.05) is 0 Å². The van der Waals surface area contributed by atoms with Gasteiger partial charge in [0.2, 0.25) is 0 Å². The van der Waals surface area contributed by atoms with Crippen LogP contribution >= 0.6 is 0 Å². The van der Waals surface area contributed by atoms with Gasteiger partial charge in [-0.05, 0) is 17.5 Å². The number of carbonyl (C=O) groups excluding carboxylic acids is 1. The van der Waals surface area contributed by atoms with Crippen LogP contribution in [0.4, 0.5) is 5.69 Å². The molecule has 0 bridgehead atoms. The zero-order chi connectivity index (χ0) is 10.1. The third-order valence-corrected chi connectivity index (χ3v) is 2.00. The van der Waals surface area contributed by atoms with E-state index in [4.69, 9.17) is 12.3 Å². The van der Waals surface area contributed by atoms with E-state index in [2.05, 4.69) is 9.83 Å². The van der Waals surface area contributed by atoms with Crippen molar-refractivity contribution >= 4 is 22.5 Å². The van der Waals surface area contributed by atoms with Crippen molar-refractivity contribution in [1.82, 2.24) is 4.98 Å². The highest BCUT2D eigenvalue weighted by atomic mass is 16.1. The molecule has 1 amide bonds. The predicted octanol–water partition coefficient (Wildman–Crippen LogP) is 1.82. The first-order chi connectivity index (χ1) is 6.70. The Kier molecular flexibility index (Phi) is 1.72. The summed E-state index contributed by atoms with van der Waals surface area (Å²) >= 11 is 0. The Morgan fingerprint density at radius 2 is 2.21 bits per heavy atom. The van der Waals surface area contributed by atoms with E-state index < -0.39 is 5.91 Å². The van der Waals surface area contributed by atoms with Crippen LogP contribution in [0.3, 0.4) is 0 Å². The average molecular weight is 185 g/mol. The van der Waals surface area contributed by atoms with Gasteiger partial charge in [-0.1, -0.05) is 12.1 Å². The fourth-order valence-corrected chi connectivity index (χ4v) is 1.32. The Balaban J connectivity index is 2.67. The molecule has 0 saturated heterocycles. The molecule has 2 rings (SSSR count). The molecule has 1 aromatic heterocycles. The van der Waals surface area contributed by atoms with Crippen LogP contribution < -0.4 is 5.73 Å². The molecule has 0 fully saturated rings. The zero-order valence-corrected chi connectivity index (χ0v) is 7.24. The number of carbonyl (C=O) groups is 1. The van der Waals surface area contributed by atoms with Gasteiger partial charge in [0, 0.05) is 5.52 Å². The number of rotatable bonds is 1. The fourth-order valence-electron chi connectivity index (χ4n) is 1.32. The van der Waals surface area contributed by atoms with Crippen LogP contribution in [-0.4, -0.2) is 10.9 Å². The van der Waals surface area contributed by atoms with Gasteiger partial charge in [-0.25, -0.2) is 4.85 Å². The number of hydrogen-bond acceptors (Lipinski definition) is 1. The van der Waals surface area contributed by atoms with Crippen molar-refractivity contribution in [2.45, 2.75) is 0 Å². The van der Waals surface area contributed by atoms with Crippen molar-refractivity contribution in [3.05, 3.63) is 41.4 Å². The number of hydrogen-bond donors (Lipinski definition) is 2. The summed E-state index contributed by atoms with van der Waals surface area (Å²) in [6.07, 6.45) is 0. The molecule has 14 heavy (non-hydrogen) atoms. The Labute approximate surface area is 80.2 Å². The number of nitrogens with zero attached hydrogens (tertiary/aromatic N) is 1. The highest BCUT2D eigenvalue weighted by Gasteiger charge is 2.05. The quantitative estimate of drug-likeness (QED) is 0.654. The van der Waals surface area contributed by atoms with Crippen LogP contribution in [0.25, 0.3) is 15.7 Å². The molecule has 0 unspecified atom stereocenters. The van der Waals surface area contributed by atoms with E-state index in [0.29, 0.717) is 11.4 Å². The van der Waals surface area contributed by atoms with Gasteiger partial charge < -0.3 is 10.7 Å². The SMILES string of the molecule is [C-]#[N+]c1ccc2cc(C(N)=O)[nH]c2c1. The second-order valence-corrected chi connectivity index (χ2v) is 2.93. The molecule has 0 radical (unpaired) electrons. The number of nitrogens with one attached hydrogen (secondary N) is 1. The Hall–Kier alpha value is -2.28. The molecule has 3 N–H and O–H groups in total. The number of benzene rings is 1. The van der Waals surface area contributed by atoms with E-state index in [-0.39, 0.29) is 0 Å². The summed E-state index contributed by atoms with van der Waals surface area (Å²) in [5, 5.41) is 0.881. The molecule has 0 aliphatic heterocycles. The molecule has 0 saturated carbocycles. The minimum absolute atomic E-state index is 0.363. The van der Waals surface area contributed by atoms with Gasteiger partial charge in [-0.3, -0.25) is 4.79 Å². The Morgan fingerprint density at radius 3 is 2.86 bits per heavy atom. The number of fused-ring (bicyclic) bond motifs is 1. The molecular weight excluding hydrogens is 178 g/mol. The molecule has 0 spiro atoms. The van der Waals surface area contributed by atoms with Crippen LogP contribution in [0.1, 0.15) is 10.5 Å². The van der Waals surface area contributed by atoms with Crippen LogP contribution in [0, 0.1) is 6.57 Å². The summed E-state index contributed by atoms with van der Waals surface area (Å²) in [6.45, 7) is 6.83. The lowest BCUT2D eigenvalue weighted by Gasteiger charge is -1.89. The van der Waals surface area contributed by atoms with E-state index in [9.17, 15) is 4.79 Å². The molecular formula is C10H7N3O. The fraction of sp³-hybridized carbons (Fsp3) is 0. The normalized spacial score (nSPS) is 9.93. The van der Waals surface area contributed by atoms with Crippen molar-refractivity contribution in [2.24, 2.45) is 5.73 Å². The summed E-state index contributed by atoms with van der Waals surface area (Å²) in [7, 11) is 0. The molecule has 0 aliphatic carbocycles. The largest absolute Gasteiger partial charge is 0.364 e. The van der Waals surface area contributed by atoms with Gasteiger partial charge in [0.25, 0.3) is 5.91 Å². The first-order valence-corrected chi connectivity index (χ1v) is 4.01. The van der Waals surface area contributed by atoms with Gasteiger partial charge in [-0.2, -0.15) is 0 Å². The van der Waals surface area contributed by atoms with Gasteiger partial charge in [0.05, 0.1) is 6.57 Å². The number of amides is 1. The third kappa shape index (κ3) is 1.21. The Bertz CT molecular complexity index is 548. The molecule has 1 heterocycles. The van der Waals surface area contributed by atoms with Crippen LogP contribution in [0.2, 0.25) is 0 Å². The van der Waals surface area contributed by atoms with E-state index in [0.717, 1.165) is 10.9 Å². The highest BCUT2D eigenvalue weighted by molar-refractivity contribution is 5.97. The van der Waals surface area contributed by atoms with Crippen molar-refractivity contribution in [1.29, 1.82) is 0 Å². The predicted molar refractivity (Wildman–Crippen MR) is 53.1 cm³/mol. The lowest BCUT2D eigenvalue weighted by molar-refractivity contribution is 0.0996. The van der Waals surface area contributed by atoms with Gasteiger partial charge in [-0.15, -0.1) is 0 Å². The lowest BCUT2D eigenvalue weighted by atomic mass is 10.2. The maximum atomic E-state index is 10.9. The van der Waals surface area contributed by atoms with Gasteiger partial charge in [0.1, 0.15) is 5.69 Å². The maximum Gasteiger partial charge on any atom is 0.265 e. The average Bonchev–Trinajstić information content (AvgIpc) is 2.59. The van der Waals surface area contributed by atoms with Crippen molar-refractivity contribution < 1.29 is 4.79 Å². The van der Waals surface area contributed by atoms with E-state index in [1.54, 1.807) is 24.3 Å². The summed E-state index contributed by atoms with van der Waals surface area (Å²) in [6, 6.07) is 6.85. The second-order valence-electron chi connectivity index (χ2n) is 2.93. The number of primary amides is 1. The second kappa shape index (κ2) is 2.89. The third-order valence-electron chi connectivity index (χ3n) is 2.00. The standard InChI is InChI=1S/C10H7N3O/c1-12-7-3-2-6-4-9(10(11)14)13-8(6)5-7/h2-5,13H,(H2,11,14). The smallest absolute Gasteiger partial charge is 0.265 e. The number of aromatic nitrogens is 1. The summed E-state index contributed by atoms with van der Waals surface area (Å²) < 4.78 is 0. The van der Waals surface area contributed by atoms with Crippen molar-refractivity contribution in [3.8, 4) is 0 Å². The van der Waals surface area contributed by atoms with Crippen molar-refractivity contribution in [3.63, 3.8) is 0 Å². The maximum absolute atomic E-state index is 10.9. The summed E-state index contributed by atoms with van der Waals surface area (Å²) in [5.41, 5.74) is 6.77. The zero-order valence-electron chi connectivity index (χ0n) is 7.24. The molecule has 4 heteroatoms. The number of H-pyrrole nitrogens is 1.